The minimum atomic E-state index is -3.84. The third-order valence-electron chi connectivity index (χ3n) is 5.05. The van der Waals surface area contributed by atoms with E-state index in [1.807, 2.05) is 36.6 Å². The summed E-state index contributed by atoms with van der Waals surface area (Å²) < 4.78 is 27.9. The molecule has 10 nitrogen and oxygen atoms in total. The number of para-hydroxylation sites is 2. The van der Waals surface area contributed by atoms with Crippen LogP contribution in [0, 0.1) is 6.92 Å². The molecule has 176 valence electrons. The molecule has 0 aliphatic heterocycles. The van der Waals surface area contributed by atoms with Crippen LogP contribution in [-0.2, 0) is 26.2 Å². The molecule has 12 heteroatoms. The fourth-order valence-electron chi connectivity index (χ4n) is 3.29. The van der Waals surface area contributed by atoms with E-state index in [1.165, 1.54) is 30.5 Å². The highest BCUT2D eigenvalue weighted by Crippen LogP contribution is 2.24. The van der Waals surface area contributed by atoms with E-state index in [0.717, 1.165) is 15.4 Å². The molecule has 0 unspecified atom stereocenters. The molecule has 2 amide bonds. The maximum atomic E-state index is 12.6. The molecule has 34 heavy (non-hydrogen) atoms. The van der Waals surface area contributed by atoms with Gasteiger partial charge in [0.1, 0.15) is 12.2 Å². The van der Waals surface area contributed by atoms with Gasteiger partial charge in [0, 0.05) is 12.4 Å². The number of likely N-dealkylation sites (N-methyl/N-ethyl adjacent to an activating group) is 1. The van der Waals surface area contributed by atoms with Gasteiger partial charge in [-0.1, -0.05) is 29.8 Å². The molecule has 2 heterocycles. The normalized spacial score (nSPS) is 11.6. The van der Waals surface area contributed by atoms with Crippen LogP contribution in [0.5, 0.6) is 0 Å². The van der Waals surface area contributed by atoms with Crippen LogP contribution in [0.1, 0.15) is 5.56 Å². The summed E-state index contributed by atoms with van der Waals surface area (Å²) in [6.45, 7) is 1.27. The number of thiazole rings is 1. The molecule has 4 aromatic rings. The number of hydrazine groups is 1. The fraction of sp³-hybridized carbons (Fsp3) is 0.182. The van der Waals surface area contributed by atoms with Gasteiger partial charge in [-0.2, -0.15) is 4.31 Å². The van der Waals surface area contributed by atoms with Gasteiger partial charge >= 0.3 is 0 Å². The van der Waals surface area contributed by atoms with Crippen LogP contribution < -0.4 is 10.9 Å². The Bertz CT molecular complexity index is 1430. The van der Waals surface area contributed by atoms with E-state index in [2.05, 4.69) is 20.8 Å². The van der Waals surface area contributed by atoms with Gasteiger partial charge < -0.3 is 4.57 Å². The first-order chi connectivity index (χ1) is 16.3. The first-order valence-electron chi connectivity index (χ1n) is 10.2. The van der Waals surface area contributed by atoms with Crippen LogP contribution in [-0.4, -0.2) is 52.7 Å². The van der Waals surface area contributed by atoms with Crippen molar-refractivity contribution in [1.82, 2.24) is 29.7 Å². The zero-order valence-corrected chi connectivity index (χ0v) is 20.1. The SMILES string of the molecule is Cc1ccc(S(=O)(=O)N(C)CC(=O)NNC(=O)Cn2c(-c3cscn3)nc3ccccc32)cc1. The molecule has 0 atom stereocenters. The summed E-state index contributed by atoms with van der Waals surface area (Å²) in [6, 6.07) is 13.7. The van der Waals surface area contributed by atoms with Gasteiger partial charge in [0.05, 0.1) is 28.0 Å². The summed E-state index contributed by atoms with van der Waals surface area (Å²) in [5, 5.41) is 1.84. The highest BCUT2D eigenvalue weighted by atomic mass is 32.2. The van der Waals surface area contributed by atoms with Crippen molar-refractivity contribution in [3.8, 4) is 11.5 Å². The zero-order chi connectivity index (χ0) is 24.3. The molecule has 0 saturated carbocycles. The van der Waals surface area contributed by atoms with E-state index in [4.69, 9.17) is 0 Å². The number of hydrogen-bond acceptors (Lipinski definition) is 7. The number of aromatic nitrogens is 3. The highest BCUT2D eigenvalue weighted by Gasteiger charge is 2.23. The molecule has 0 aliphatic carbocycles. The average molecular weight is 499 g/mol. The van der Waals surface area contributed by atoms with Crippen molar-refractivity contribution < 1.29 is 18.0 Å². The van der Waals surface area contributed by atoms with E-state index < -0.39 is 28.4 Å². The van der Waals surface area contributed by atoms with Gasteiger partial charge in [0.25, 0.3) is 11.8 Å². The molecule has 0 fully saturated rings. The number of sulfonamides is 1. The van der Waals surface area contributed by atoms with Crippen molar-refractivity contribution in [3.05, 3.63) is 65.0 Å². The van der Waals surface area contributed by atoms with Crippen LogP contribution in [0.4, 0.5) is 0 Å². The van der Waals surface area contributed by atoms with E-state index in [-0.39, 0.29) is 11.4 Å². The van der Waals surface area contributed by atoms with E-state index >= 15 is 0 Å². The second-order valence-corrected chi connectivity index (χ2v) is 10.3. The number of benzene rings is 2. The quantitative estimate of drug-likeness (QED) is 0.375. The number of aryl methyl sites for hydroxylation is 1. The minimum Gasteiger partial charge on any atom is -0.313 e. The van der Waals surface area contributed by atoms with Gasteiger partial charge in [0.15, 0.2) is 5.82 Å². The third kappa shape index (κ3) is 4.98. The van der Waals surface area contributed by atoms with Gasteiger partial charge in [-0.15, -0.1) is 11.3 Å². The first-order valence-corrected chi connectivity index (χ1v) is 12.6. The monoisotopic (exact) mass is 498 g/mol. The molecule has 2 aromatic carbocycles. The van der Waals surface area contributed by atoms with Crippen molar-refractivity contribution >= 4 is 44.2 Å². The van der Waals surface area contributed by atoms with Crippen molar-refractivity contribution in [2.24, 2.45) is 0 Å². The maximum Gasteiger partial charge on any atom is 0.258 e. The lowest BCUT2D eigenvalue weighted by atomic mass is 10.2. The molecule has 0 radical (unpaired) electrons. The number of nitrogens with zero attached hydrogens (tertiary/aromatic N) is 4. The number of amides is 2. The smallest absolute Gasteiger partial charge is 0.258 e. The third-order valence-corrected chi connectivity index (χ3v) is 7.46. The fourth-order valence-corrected chi connectivity index (χ4v) is 4.95. The molecule has 0 saturated heterocycles. The summed E-state index contributed by atoms with van der Waals surface area (Å²) in [5.74, 6) is -0.647. The number of imidazole rings is 1. The maximum absolute atomic E-state index is 12.6. The summed E-state index contributed by atoms with van der Waals surface area (Å²) in [6.07, 6.45) is 0. The Balaban J connectivity index is 1.40. The predicted octanol–water partition coefficient (Wildman–Crippen LogP) is 1.94. The Labute approximate surface area is 200 Å². The van der Waals surface area contributed by atoms with Gasteiger partial charge in [-0.25, -0.2) is 18.4 Å². The predicted molar refractivity (Wildman–Crippen MR) is 128 cm³/mol. The summed E-state index contributed by atoms with van der Waals surface area (Å²) in [4.78, 5) is 33.8. The number of nitrogens with one attached hydrogen (secondary N) is 2. The topological polar surface area (TPSA) is 126 Å². The lowest BCUT2D eigenvalue weighted by Gasteiger charge is -2.17. The second kappa shape index (κ2) is 9.71. The number of rotatable bonds is 7. The molecular weight excluding hydrogens is 476 g/mol. The molecule has 2 aromatic heterocycles. The summed E-state index contributed by atoms with van der Waals surface area (Å²) in [7, 11) is -2.54. The lowest BCUT2D eigenvalue weighted by molar-refractivity contribution is -0.129. The number of carbonyl (C=O) groups excluding carboxylic acids is 2. The molecule has 0 spiro atoms. The molecule has 0 aliphatic rings. The Morgan fingerprint density at radius 3 is 2.47 bits per heavy atom. The van der Waals surface area contributed by atoms with Crippen LogP contribution in [0.25, 0.3) is 22.6 Å². The Morgan fingerprint density at radius 2 is 1.76 bits per heavy atom. The molecule has 2 N–H and O–H groups in total. The summed E-state index contributed by atoms with van der Waals surface area (Å²) in [5.41, 5.74) is 9.31. The van der Waals surface area contributed by atoms with Crippen LogP contribution in [0.15, 0.2) is 64.3 Å². The van der Waals surface area contributed by atoms with Crippen molar-refractivity contribution in [1.29, 1.82) is 0 Å². The zero-order valence-electron chi connectivity index (χ0n) is 18.4. The molecule has 0 bridgehead atoms. The van der Waals surface area contributed by atoms with Gasteiger partial charge in [0.2, 0.25) is 10.0 Å². The first kappa shape index (κ1) is 23.5. The van der Waals surface area contributed by atoms with E-state index in [9.17, 15) is 18.0 Å². The lowest BCUT2D eigenvalue weighted by Crippen LogP contribution is -2.47. The van der Waals surface area contributed by atoms with Crippen LogP contribution >= 0.6 is 11.3 Å². The van der Waals surface area contributed by atoms with Crippen LogP contribution in [0.2, 0.25) is 0 Å². The van der Waals surface area contributed by atoms with Gasteiger partial charge in [-0.05, 0) is 31.2 Å². The van der Waals surface area contributed by atoms with Crippen LogP contribution in [0.3, 0.4) is 0 Å². The molecular formula is C22H22N6O4S2. The second-order valence-electron chi connectivity index (χ2n) is 7.55. The van der Waals surface area contributed by atoms with E-state index in [0.29, 0.717) is 17.0 Å². The highest BCUT2D eigenvalue weighted by molar-refractivity contribution is 7.89. The largest absolute Gasteiger partial charge is 0.313 e. The van der Waals surface area contributed by atoms with Crippen molar-refractivity contribution in [3.63, 3.8) is 0 Å². The van der Waals surface area contributed by atoms with Crippen molar-refractivity contribution in [2.45, 2.75) is 18.4 Å². The summed E-state index contributed by atoms with van der Waals surface area (Å²) >= 11 is 1.42. The Kier molecular flexibility index (Phi) is 6.72. The minimum absolute atomic E-state index is 0.0824. The number of carbonyl (C=O) groups is 2. The standard InChI is InChI=1S/C22H22N6O4S2/c1-15-7-9-16(10-8-15)34(31,32)27(2)11-20(29)25-26-21(30)12-28-19-6-4-3-5-17(19)24-22(28)18-13-33-14-23-18/h3-10,13-14H,11-12H2,1-2H3,(H,25,29)(H,26,30). The van der Waals surface area contributed by atoms with E-state index in [1.54, 1.807) is 22.2 Å². The molecule has 4 rings (SSSR count). The average Bonchev–Trinajstić information content (AvgIpc) is 3.46. The van der Waals surface area contributed by atoms with Gasteiger partial charge in [-0.3, -0.25) is 20.4 Å². The number of hydrogen-bond donors (Lipinski definition) is 2. The van der Waals surface area contributed by atoms with Crippen molar-refractivity contribution in [2.75, 3.05) is 13.6 Å². The Morgan fingerprint density at radius 1 is 1.06 bits per heavy atom. The Hall–Kier alpha value is -3.61. The number of fused-ring (bicyclic) bond motifs is 1.